The van der Waals surface area contributed by atoms with Crippen molar-refractivity contribution in [1.82, 2.24) is 5.32 Å². The highest BCUT2D eigenvalue weighted by Gasteiger charge is 2.00. The van der Waals surface area contributed by atoms with Crippen LogP contribution in [0.25, 0.3) is 0 Å². The fourth-order valence-electron chi connectivity index (χ4n) is 0.369. The van der Waals surface area contributed by atoms with Crippen molar-refractivity contribution in [3.05, 3.63) is 24.8 Å². The summed E-state index contributed by atoms with van der Waals surface area (Å²) in [4.78, 5) is 19.9. The van der Waals surface area contributed by atoms with Crippen LogP contribution in [0.5, 0.6) is 0 Å². The highest BCUT2D eigenvalue weighted by atomic mass is 16.5. The van der Waals surface area contributed by atoms with Crippen LogP contribution in [-0.2, 0) is 14.3 Å². The Labute approximate surface area is 89.4 Å². The molecule has 0 aromatic carbocycles. The van der Waals surface area contributed by atoms with Crippen LogP contribution in [-0.4, -0.2) is 37.2 Å². The van der Waals surface area contributed by atoms with Crippen LogP contribution >= 0.6 is 0 Å². The molecule has 0 fully saturated rings. The minimum absolute atomic E-state index is 0.324. The molecule has 0 aromatic heterocycles. The highest BCUT2D eigenvalue weighted by molar-refractivity contribution is 5.86. The Bertz CT molecular complexity index is 236. The summed E-state index contributed by atoms with van der Waals surface area (Å²) >= 11 is 0. The number of carbonyl (C=O) groups is 2. The molecular weight excluding hydrogens is 198 g/mol. The first-order valence-corrected chi connectivity index (χ1v) is 4.28. The van der Waals surface area contributed by atoms with Gasteiger partial charge in [0.05, 0.1) is 0 Å². The van der Waals surface area contributed by atoms with Gasteiger partial charge in [0.15, 0.2) is 0 Å². The van der Waals surface area contributed by atoms with E-state index < -0.39 is 5.97 Å². The van der Waals surface area contributed by atoms with Gasteiger partial charge in [0.25, 0.3) is 0 Å². The molecule has 0 saturated carbocycles. The first kappa shape index (κ1) is 15.8. The van der Waals surface area contributed by atoms with Gasteiger partial charge in [0, 0.05) is 18.2 Å². The van der Waals surface area contributed by atoms with E-state index in [0.29, 0.717) is 18.7 Å². The normalized spacial score (nSPS) is 8.13. The second-order valence-electron chi connectivity index (χ2n) is 2.56. The molecule has 0 aliphatic rings. The van der Waals surface area contributed by atoms with E-state index in [1.165, 1.54) is 0 Å². The maximum absolute atomic E-state index is 10.7. The molecular formula is C10H17NO4. The van der Waals surface area contributed by atoms with Gasteiger partial charge in [-0.1, -0.05) is 13.2 Å². The topological polar surface area (TPSA) is 75.6 Å². The molecule has 0 heterocycles. The van der Waals surface area contributed by atoms with Crippen LogP contribution in [0, 0.1) is 0 Å². The summed E-state index contributed by atoms with van der Waals surface area (Å²) in [6.07, 6.45) is 0.833. The zero-order chi connectivity index (χ0) is 12.3. The number of esters is 1. The quantitative estimate of drug-likeness (QED) is 0.398. The maximum Gasteiger partial charge on any atom is 0.333 e. The lowest BCUT2D eigenvalue weighted by molar-refractivity contribution is -0.138. The summed E-state index contributed by atoms with van der Waals surface area (Å²) in [6.45, 7) is 9.11. The summed E-state index contributed by atoms with van der Waals surface area (Å²) < 4.78 is 4.74. The molecule has 0 atom stereocenters. The molecule has 0 amide bonds. The molecule has 0 saturated heterocycles. The van der Waals surface area contributed by atoms with Crippen molar-refractivity contribution in [2.45, 2.75) is 6.92 Å². The number of nitrogens with one attached hydrogen (secondary N) is 1. The molecule has 0 radical (unpaired) electrons. The molecule has 2 N–H and O–H groups in total. The molecule has 0 bridgehead atoms. The SMILES string of the molecule is C=C(C)C(=O)OCCNC.C=CC(=O)O. The third kappa shape index (κ3) is 15.2. The number of carboxylic acid groups (broad SMARTS) is 1. The molecule has 0 aliphatic carbocycles. The van der Waals surface area contributed by atoms with Crippen LogP contribution in [0.4, 0.5) is 0 Å². The molecule has 0 spiro atoms. The Kier molecular flexibility index (Phi) is 11.0. The Hall–Kier alpha value is -1.62. The molecule has 0 unspecified atom stereocenters. The van der Waals surface area contributed by atoms with Gasteiger partial charge >= 0.3 is 11.9 Å². The van der Waals surface area contributed by atoms with E-state index in [9.17, 15) is 9.59 Å². The van der Waals surface area contributed by atoms with Crippen LogP contribution in [0.1, 0.15) is 6.92 Å². The number of carbonyl (C=O) groups excluding carboxylic acids is 1. The van der Waals surface area contributed by atoms with E-state index in [-0.39, 0.29) is 5.97 Å². The van der Waals surface area contributed by atoms with E-state index >= 15 is 0 Å². The van der Waals surface area contributed by atoms with Crippen LogP contribution in [0.15, 0.2) is 24.8 Å². The summed E-state index contributed by atoms with van der Waals surface area (Å²) in [5.41, 5.74) is 0.441. The van der Waals surface area contributed by atoms with Gasteiger partial charge in [-0.25, -0.2) is 9.59 Å². The predicted molar refractivity (Wildman–Crippen MR) is 57.5 cm³/mol. The van der Waals surface area contributed by atoms with E-state index in [0.717, 1.165) is 6.08 Å². The molecule has 86 valence electrons. The molecule has 0 aliphatic heterocycles. The van der Waals surface area contributed by atoms with Crippen molar-refractivity contribution >= 4 is 11.9 Å². The average Bonchev–Trinajstić information content (AvgIpc) is 2.18. The van der Waals surface area contributed by atoms with Gasteiger partial charge in [0.1, 0.15) is 6.61 Å². The Morgan fingerprint density at radius 3 is 2.27 bits per heavy atom. The molecule has 15 heavy (non-hydrogen) atoms. The number of ether oxygens (including phenoxy) is 1. The first-order chi connectivity index (χ1) is 6.95. The lowest BCUT2D eigenvalue weighted by Gasteiger charge is -2.01. The summed E-state index contributed by atoms with van der Waals surface area (Å²) in [7, 11) is 1.80. The van der Waals surface area contributed by atoms with Crippen molar-refractivity contribution in [3.8, 4) is 0 Å². The molecule has 5 nitrogen and oxygen atoms in total. The zero-order valence-electron chi connectivity index (χ0n) is 9.08. The average molecular weight is 215 g/mol. The molecule has 0 rings (SSSR count). The smallest absolute Gasteiger partial charge is 0.333 e. The maximum atomic E-state index is 10.7. The van der Waals surface area contributed by atoms with Gasteiger partial charge in [0.2, 0.25) is 0 Å². The Morgan fingerprint density at radius 1 is 1.53 bits per heavy atom. The van der Waals surface area contributed by atoms with Crippen molar-refractivity contribution in [1.29, 1.82) is 0 Å². The number of likely N-dealkylation sites (N-methyl/N-ethyl adjacent to an activating group) is 1. The third-order valence-corrected chi connectivity index (χ3v) is 1.11. The van der Waals surface area contributed by atoms with Gasteiger partial charge in [-0.2, -0.15) is 0 Å². The predicted octanol–water partition coefficient (Wildman–Crippen LogP) is 0.582. The van der Waals surface area contributed by atoms with Gasteiger partial charge in [-0.05, 0) is 14.0 Å². The van der Waals surface area contributed by atoms with Crippen molar-refractivity contribution in [2.75, 3.05) is 20.2 Å². The van der Waals surface area contributed by atoms with E-state index in [4.69, 9.17) is 9.84 Å². The number of aliphatic carboxylic acids is 1. The largest absolute Gasteiger partial charge is 0.478 e. The minimum Gasteiger partial charge on any atom is -0.478 e. The Balaban J connectivity index is 0. The van der Waals surface area contributed by atoms with Crippen molar-refractivity contribution in [3.63, 3.8) is 0 Å². The van der Waals surface area contributed by atoms with E-state index in [2.05, 4.69) is 18.5 Å². The number of hydrogen-bond donors (Lipinski definition) is 2. The fourth-order valence-corrected chi connectivity index (χ4v) is 0.369. The number of carboxylic acids is 1. The summed E-state index contributed by atoms with van der Waals surface area (Å²) in [5.74, 6) is -1.31. The van der Waals surface area contributed by atoms with E-state index in [1.807, 2.05) is 0 Å². The van der Waals surface area contributed by atoms with Crippen molar-refractivity contribution < 1.29 is 19.4 Å². The van der Waals surface area contributed by atoms with Crippen LogP contribution in [0.3, 0.4) is 0 Å². The van der Waals surface area contributed by atoms with Gasteiger partial charge in [-0.3, -0.25) is 0 Å². The van der Waals surface area contributed by atoms with Gasteiger partial charge in [-0.15, -0.1) is 0 Å². The second-order valence-corrected chi connectivity index (χ2v) is 2.56. The summed E-state index contributed by atoms with van der Waals surface area (Å²) in [5, 5.41) is 10.5. The van der Waals surface area contributed by atoms with Gasteiger partial charge < -0.3 is 15.2 Å². The minimum atomic E-state index is -0.981. The standard InChI is InChI=1S/C7H13NO2.C3H4O2/c1-6(2)7(9)10-5-4-8-3;1-2-3(4)5/h8H,1,4-5H2,2-3H3;2H,1H2,(H,4,5). The highest BCUT2D eigenvalue weighted by Crippen LogP contribution is 1.89. The lowest BCUT2D eigenvalue weighted by atomic mass is 10.4. The van der Waals surface area contributed by atoms with E-state index in [1.54, 1.807) is 14.0 Å². The first-order valence-electron chi connectivity index (χ1n) is 4.28. The zero-order valence-corrected chi connectivity index (χ0v) is 9.08. The Morgan fingerprint density at radius 2 is 2.00 bits per heavy atom. The molecule has 5 heteroatoms. The van der Waals surface area contributed by atoms with Crippen LogP contribution in [0.2, 0.25) is 0 Å². The fraction of sp³-hybridized carbons (Fsp3) is 0.400. The van der Waals surface area contributed by atoms with Crippen molar-refractivity contribution in [2.24, 2.45) is 0 Å². The lowest BCUT2D eigenvalue weighted by Crippen LogP contribution is -2.17. The molecule has 0 aromatic rings. The van der Waals surface area contributed by atoms with Crippen LogP contribution < -0.4 is 5.32 Å². The number of hydrogen-bond acceptors (Lipinski definition) is 4. The summed E-state index contributed by atoms with van der Waals surface area (Å²) in [6, 6.07) is 0. The number of rotatable bonds is 5. The second kappa shape index (κ2) is 10.5. The monoisotopic (exact) mass is 215 g/mol. The third-order valence-electron chi connectivity index (χ3n) is 1.11.